The molecule has 1 aromatic rings. The normalized spacial score (nSPS) is 10.5. The van der Waals surface area contributed by atoms with Crippen LogP contribution in [0.4, 0.5) is 16.2 Å². The van der Waals surface area contributed by atoms with Crippen LogP contribution in [-0.4, -0.2) is 18.1 Å². The average molecular weight is 236 g/mol. The van der Waals surface area contributed by atoms with Crippen molar-refractivity contribution in [2.45, 2.75) is 26.4 Å². The number of carbonyl (C=O) groups excluding carboxylic acids is 2. The number of carbonyl (C=O) groups is 2. The fourth-order valence-corrected chi connectivity index (χ4v) is 1.20. The van der Waals surface area contributed by atoms with Gasteiger partial charge in [0, 0.05) is 0 Å². The first-order valence-corrected chi connectivity index (χ1v) is 5.21. The number of nitrogens with one attached hydrogen (secondary N) is 2. The minimum atomic E-state index is -0.558. The molecule has 0 heterocycles. The molecule has 2 N–H and O–H groups in total. The summed E-state index contributed by atoms with van der Waals surface area (Å²) in [5, 5.41) is 5.06. The third kappa shape index (κ3) is 4.55. The van der Waals surface area contributed by atoms with Crippen LogP contribution in [0, 0.1) is 0 Å². The number of para-hydroxylation sites is 2. The molecule has 0 aliphatic rings. The first-order valence-electron chi connectivity index (χ1n) is 5.21. The van der Waals surface area contributed by atoms with Crippen molar-refractivity contribution in [3.8, 4) is 0 Å². The van der Waals surface area contributed by atoms with Crippen LogP contribution in [0.1, 0.15) is 20.8 Å². The van der Waals surface area contributed by atoms with Gasteiger partial charge in [-0.2, -0.15) is 0 Å². The number of amides is 2. The zero-order valence-corrected chi connectivity index (χ0v) is 10.1. The molecule has 0 spiro atoms. The number of rotatable bonds is 3. The van der Waals surface area contributed by atoms with E-state index >= 15 is 0 Å². The van der Waals surface area contributed by atoms with E-state index in [2.05, 4.69) is 10.6 Å². The van der Waals surface area contributed by atoms with E-state index in [-0.39, 0.29) is 0 Å². The third-order valence-corrected chi connectivity index (χ3v) is 1.78. The predicted molar refractivity (Wildman–Crippen MR) is 66.0 cm³/mol. The first-order chi connectivity index (χ1) is 7.92. The lowest BCUT2D eigenvalue weighted by Gasteiger charge is -2.20. The van der Waals surface area contributed by atoms with Gasteiger partial charge in [0.15, 0.2) is 0 Å². The molecule has 0 saturated carbocycles. The van der Waals surface area contributed by atoms with E-state index in [9.17, 15) is 9.59 Å². The summed E-state index contributed by atoms with van der Waals surface area (Å²) in [4.78, 5) is 21.9. The Balaban J connectivity index is 2.74. The van der Waals surface area contributed by atoms with Crippen molar-refractivity contribution in [2.75, 3.05) is 10.6 Å². The summed E-state index contributed by atoms with van der Waals surface area (Å²) in [6.07, 6.45) is -0.00654. The Hall–Kier alpha value is -2.04. The molecule has 5 heteroatoms. The van der Waals surface area contributed by atoms with Crippen LogP contribution in [0.3, 0.4) is 0 Å². The topological polar surface area (TPSA) is 67.4 Å². The lowest BCUT2D eigenvalue weighted by atomic mass is 10.2. The average Bonchev–Trinajstić information content (AvgIpc) is 2.18. The van der Waals surface area contributed by atoms with E-state index in [4.69, 9.17) is 4.74 Å². The lowest BCUT2D eigenvalue weighted by Crippen LogP contribution is -2.27. The molecule has 92 valence electrons. The molecule has 0 aliphatic carbocycles. The van der Waals surface area contributed by atoms with Crippen LogP contribution < -0.4 is 10.6 Å². The van der Waals surface area contributed by atoms with Gasteiger partial charge in [-0.15, -0.1) is 0 Å². The van der Waals surface area contributed by atoms with E-state index in [0.29, 0.717) is 17.8 Å². The Morgan fingerprint density at radius 3 is 2.35 bits per heavy atom. The Labute approximate surface area is 100 Å². The van der Waals surface area contributed by atoms with Crippen LogP contribution >= 0.6 is 0 Å². The maximum Gasteiger partial charge on any atom is 0.412 e. The molecule has 17 heavy (non-hydrogen) atoms. The molecule has 0 aromatic heterocycles. The van der Waals surface area contributed by atoms with Gasteiger partial charge in [-0.1, -0.05) is 12.1 Å². The summed E-state index contributed by atoms with van der Waals surface area (Å²) < 4.78 is 5.11. The van der Waals surface area contributed by atoms with Gasteiger partial charge >= 0.3 is 6.09 Å². The molecule has 0 fully saturated rings. The predicted octanol–water partition coefficient (Wildman–Crippen LogP) is 2.60. The highest BCUT2D eigenvalue weighted by Crippen LogP contribution is 2.21. The summed E-state index contributed by atoms with van der Waals surface area (Å²) in [7, 11) is 0. The van der Waals surface area contributed by atoms with Gasteiger partial charge in [0.05, 0.1) is 11.4 Å². The van der Waals surface area contributed by atoms with Gasteiger partial charge in [0.2, 0.25) is 6.41 Å². The molecule has 0 saturated heterocycles. The van der Waals surface area contributed by atoms with Crippen molar-refractivity contribution >= 4 is 23.9 Å². The van der Waals surface area contributed by atoms with Gasteiger partial charge in [-0.25, -0.2) is 4.79 Å². The van der Waals surface area contributed by atoms with E-state index < -0.39 is 11.7 Å². The highest BCUT2D eigenvalue weighted by atomic mass is 16.6. The number of hydrogen-bond acceptors (Lipinski definition) is 3. The molecule has 1 aromatic carbocycles. The maximum absolute atomic E-state index is 11.5. The van der Waals surface area contributed by atoms with E-state index in [0.717, 1.165) is 0 Å². The van der Waals surface area contributed by atoms with Crippen LogP contribution in [0.25, 0.3) is 0 Å². The molecule has 0 atom stereocenters. The van der Waals surface area contributed by atoms with Gasteiger partial charge in [-0.05, 0) is 32.9 Å². The summed E-state index contributed by atoms with van der Waals surface area (Å²) in [5.74, 6) is 0. The van der Waals surface area contributed by atoms with Gasteiger partial charge in [0.1, 0.15) is 5.60 Å². The fourth-order valence-electron chi connectivity index (χ4n) is 1.20. The van der Waals surface area contributed by atoms with Crippen LogP contribution in [0.15, 0.2) is 24.3 Å². The smallest absolute Gasteiger partial charge is 0.412 e. The monoisotopic (exact) mass is 236 g/mol. The minimum Gasteiger partial charge on any atom is -0.444 e. The molecule has 0 unspecified atom stereocenters. The molecular formula is C12H16N2O3. The summed E-state index contributed by atoms with van der Waals surface area (Å²) in [6, 6.07) is 6.87. The van der Waals surface area contributed by atoms with Crippen molar-refractivity contribution in [1.29, 1.82) is 0 Å². The molecule has 0 radical (unpaired) electrons. The van der Waals surface area contributed by atoms with Crippen molar-refractivity contribution in [2.24, 2.45) is 0 Å². The molecule has 2 amide bonds. The van der Waals surface area contributed by atoms with Gasteiger partial charge < -0.3 is 10.1 Å². The fraction of sp³-hybridized carbons (Fsp3) is 0.333. The van der Waals surface area contributed by atoms with Gasteiger partial charge in [0.25, 0.3) is 0 Å². The molecule has 0 aliphatic heterocycles. The summed E-state index contributed by atoms with van der Waals surface area (Å²) in [5.41, 5.74) is 0.458. The van der Waals surface area contributed by atoms with E-state index in [1.807, 2.05) is 0 Å². The minimum absolute atomic E-state index is 0.494. The number of anilines is 2. The largest absolute Gasteiger partial charge is 0.444 e. The molecule has 1 rings (SSSR count). The number of benzene rings is 1. The third-order valence-electron chi connectivity index (χ3n) is 1.78. The number of hydrogen-bond donors (Lipinski definition) is 2. The van der Waals surface area contributed by atoms with Crippen molar-refractivity contribution in [1.82, 2.24) is 0 Å². The van der Waals surface area contributed by atoms with Crippen LogP contribution in [-0.2, 0) is 9.53 Å². The maximum atomic E-state index is 11.5. The zero-order valence-electron chi connectivity index (χ0n) is 10.1. The number of ether oxygens (including phenoxy) is 1. The van der Waals surface area contributed by atoms with Gasteiger partial charge in [-0.3, -0.25) is 10.1 Å². The standard InChI is InChI=1S/C12H16N2O3/c1-12(2,3)17-11(16)14-10-7-5-4-6-9(10)13-8-15/h4-8H,1-3H3,(H,13,15)(H,14,16). The molecule has 5 nitrogen and oxygen atoms in total. The van der Waals surface area contributed by atoms with Crippen LogP contribution in [0.2, 0.25) is 0 Å². The van der Waals surface area contributed by atoms with Crippen molar-refractivity contribution in [3.63, 3.8) is 0 Å². The van der Waals surface area contributed by atoms with E-state index in [1.54, 1.807) is 45.0 Å². The Kier molecular flexibility index (Phi) is 4.09. The van der Waals surface area contributed by atoms with Crippen molar-refractivity contribution < 1.29 is 14.3 Å². The lowest BCUT2D eigenvalue weighted by molar-refractivity contribution is -0.105. The van der Waals surface area contributed by atoms with E-state index in [1.165, 1.54) is 0 Å². The second-order valence-electron chi connectivity index (χ2n) is 4.43. The molecular weight excluding hydrogens is 220 g/mol. The summed E-state index contributed by atoms with van der Waals surface area (Å²) >= 11 is 0. The second-order valence-corrected chi connectivity index (χ2v) is 4.43. The summed E-state index contributed by atoms with van der Waals surface area (Å²) in [6.45, 7) is 5.34. The highest BCUT2D eigenvalue weighted by Gasteiger charge is 2.16. The highest BCUT2D eigenvalue weighted by molar-refractivity contribution is 5.92. The first kappa shape index (κ1) is 13.0. The SMILES string of the molecule is CC(C)(C)OC(=O)Nc1ccccc1NC=O. The molecule has 0 bridgehead atoms. The Morgan fingerprint density at radius 1 is 1.24 bits per heavy atom. The van der Waals surface area contributed by atoms with Crippen LogP contribution in [0.5, 0.6) is 0 Å². The zero-order chi connectivity index (χ0) is 12.9. The Morgan fingerprint density at radius 2 is 1.82 bits per heavy atom. The second kappa shape index (κ2) is 5.34. The van der Waals surface area contributed by atoms with Crippen molar-refractivity contribution in [3.05, 3.63) is 24.3 Å². The Bertz CT molecular complexity index is 410. The quantitative estimate of drug-likeness (QED) is 0.793.